The number of nitrogens with zero attached hydrogens (tertiary/aromatic N) is 1. The number of aliphatic hydroxyl groups excluding tert-OH is 1. The van der Waals surface area contributed by atoms with Crippen molar-refractivity contribution in [1.29, 1.82) is 0 Å². The summed E-state index contributed by atoms with van der Waals surface area (Å²) in [6.07, 6.45) is 3.62. The van der Waals surface area contributed by atoms with E-state index in [0.29, 0.717) is 12.6 Å². The zero-order valence-corrected chi connectivity index (χ0v) is 11.5. The highest BCUT2D eigenvalue weighted by atomic mass is 16.5. The Balaban J connectivity index is 2.30. The maximum absolute atomic E-state index is 9.95. The summed E-state index contributed by atoms with van der Waals surface area (Å²) in [6, 6.07) is 0.572. The molecule has 1 rings (SSSR count). The molecule has 17 heavy (non-hydrogen) atoms. The van der Waals surface area contributed by atoms with Crippen LogP contribution in [0.1, 0.15) is 33.1 Å². The van der Waals surface area contributed by atoms with Crippen molar-refractivity contribution in [3.63, 3.8) is 0 Å². The molecule has 0 aromatic rings. The lowest BCUT2D eigenvalue weighted by atomic mass is 10.0. The highest BCUT2D eigenvalue weighted by Gasteiger charge is 2.23. The van der Waals surface area contributed by atoms with E-state index in [0.717, 1.165) is 19.6 Å². The van der Waals surface area contributed by atoms with Crippen molar-refractivity contribution in [2.75, 3.05) is 33.3 Å². The van der Waals surface area contributed by atoms with Crippen LogP contribution in [-0.2, 0) is 4.74 Å². The fourth-order valence-corrected chi connectivity index (χ4v) is 2.39. The highest BCUT2D eigenvalue weighted by molar-refractivity contribution is 4.80. The second-order valence-electron chi connectivity index (χ2n) is 5.24. The molecule has 0 aromatic heterocycles. The molecule has 1 fully saturated rings. The van der Waals surface area contributed by atoms with E-state index in [4.69, 9.17) is 4.74 Å². The number of hydrogen-bond donors (Lipinski definition) is 2. The molecule has 0 saturated carbocycles. The predicted molar refractivity (Wildman–Crippen MR) is 70.2 cm³/mol. The molecule has 1 heterocycles. The van der Waals surface area contributed by atoms with Crippen molar-refractivity contribution in [3.05, 3.63) is 0 Å². The number of hydrogen-bond acceptors (Lipinski definition) is 4. The van der Waals surface area contributed by atoms with Crippen molar-refractivity contribution in [1.82, 2.24) is 10.2 Å². The summed E-state index contributed by atoms with van der Waals surface area (Å²) in [5, 5.41) is 13.2. The van der Waals surface area contributed by atoms with Crippen LogP contribution in [0.3, 0.4) is 0 Å². The van der Waals surface area contributed by atoms with Crippen molar-refractivity contribution in [2.45, 2.75) is 51.4 Å². The summed E-state index contributed by atoms with van der Waals surface area (Å²) in [6.45, 7) is 7.29. The first-order valence-corrected chi connectivity index (χ1v) is 6.81. The van der Waals surface area contributed by atoms with E-state index in [9.17, 15) is 5.11 Å². The Morgan fingerprint density at radius 2 is 2.18 bits per heavy atom. The van der Waals surface area contributed by atoms with Crippen molar-refractivity contribution in [3.8, 4) is 0 Å². The second kappa shape index (κ2) is 8.03. The zero-order valence-electron chi connectivity index (χ0n) is 11.5. The third-order valence-corrected chi connectivity index (χ3v) is 3.26. The number of ether oxygens (including phenoxy) is 1. The quantitative estimate of drug-likeness (QED) is 0.697. The molecule has 1 saturated heterocycles. The van der Waals surface area contributed by atoms with Gasteiger partial charge in [0.25, 0.3) is 0 Å². The molecular formula is C13H28N2O2. The maximum atomic E-state index is 9.95. The highest BCUT2D eigenvalue weighted by Crippen LogP contribution is 2.16. The normalized spacial score (nSPS) is 24.2. The van der Waals surface area contributed by atoms with Crippen molar-refractivity contribution < 1.29 is 9.84 Å². The first kappa shape index (κ1) is 14.9. The average Bonchev–Trinajstić information content (AvgIpc) is 2.29. The molecule has 0 radical (unpaired) electrons. The first-order valence-electron chi connectivity index (χ1n) is 6.81. The second-order valence-corrected chi connectivity index (χ2v) is 5.24. The Morgan fingerprint density at radius 1 is 1.41 bits per heavy atom. The molecule has 1 aliphatic heterocycles. The standard InChI is InChI=1S/C13H28N2O2/c1-11(2)17-10-13(16)9-15-7-5-4-6-12(15)8-14-3/h11-14,16H,4-10H2,1-3H3. The van der Waals surface area contributed by atoms with Crippen molar-refractivity contribution >= 4 is 0 Å². The van der Waals surface area contributed by atoms with Crippen LogP contribution in [0.25, 0.3) is 0 Å². The Labute approximate surface area is 105 Å². The van der Waals surface area contributed by atoms with Gasteiger partial charge < -0.3 is 15.2 Å². The van der Waals surface area contributed by atoms with Gasteiger partial charge in [-0.1, -0.05) is 6.42 Å². The van der Waals surface area contributed by atoms with E-state index in [-0.39, 0.29) is 12.2 Å². The summed E-state index contributed by atoms with van der Waals surface area (Å²) in [5.74, 6) is 0. The molecule has 0 amide bonds. The van der Waals surface area contributed by atoms with Crippen LogP contribution in [0.15, 0.2) is 0 Å². The Kier molecular flexibility index (Phi) is 7.04. The summed E-state index contributed by atoms with van der Waals surface area (Å²) in [5.41, 5.74) is 0. The van der Waals surface area contributed by atoms with E-state index >= 15 is 0 Å². The molecule has 4 nitrogen and oxygen atoms in total. The van der Waals surface area contributed by atoms with Crippen LogP contribution in [0.2, 0.25) is 0 Å². The van der Waals surface area contributed by atoms with Gasteiger partial charge in [-0.2, -0.15) is 0 Å². The number of aliphatic hydroxyl groups is 1. The van der Waals surface area contributed by atoms with Gasteiger partial charge in [0.05, 0.1) is 18.8 Å². The summed E-state index contributed by atoms with van der Waals surface area (Å²) >= 11 is 0. The van der Waals surface area contributed by atoms with E-state index in [1.54, 1.807) is 0 Å². The maximum Gasteiger partial charge on any atom is 0.0900 e. The Bertz CT molecular complexity index is 198. The van der Waals surface area contributed by atoms with Crippen LogP contribution < -0.4 is 5.32 Å². The van der Waals surface area contributed by atoms with Gasteiger partial charge in [0.15, 0.2) is 0 Å². The van der Waals surface area contributed by atoms with Gasteiger partial charge in [0.1, 0.15) is 0 Å². The predicted octanol–water partition coefficient (Wildman–Crippen LogP) is 0.846. The number of likely N-dealkylation sites (tertiary alicyclic amines) is 1. The van der Waals surface area contributed by atoms with E-state index < -0.39 is 0 Å². The van der Waals surface area contributed by atoms with Gasteiger partial charge >= 0.3 is 0 Å². The zero-order chi connectivity index (χ0) is 12.7. The lowest BCUT2D eigenvalue weighted by molar-refractivity contribution is -0.0182. The molecule has 0 bridgehead atoms. The molecule has 2 N–H and O–H groups in total. The summed E-state index contributed by atoms with van der Waals surface area (Å²) in [4.78, 5) is 2.40. The van der Waals surface area contributed by atoms with Crippen molar-refractivity contribution in [2.24, 2.45) is 0 Å². The molecule has 0 aromatic carbocycles. The monoisotopic (exact) mass is 244 g/mol. The summed E-state index contributed by atoms with van der Waals surface area (Å²) in [7, 11) is 1.99. The first-order chi connectivity index (χ1) is 8.13. The Morgan fingerprint density at radius 3 is 2.82 bits per heavy atom. The van der Waals surface area contributed by atoms with Gasteiger partial charge in [0.2, 0.25) is 0 Å². The SMILES string of the molecule is CNCC1CCCCN1CC(O)COC(C)C. The van der Waals surface area contributed by atoms with Gasteiger partial charge in [-0.3, -0.25) is 4.90 Å². The fourth-order valence-electron chi connectivity index (χ4n) is 2.39. The number of likely N-dealkylation sites (N-methyl/N-ethyl adjacent to an activating group) is 1. The molecule has 102 valence electrons. The van der Waals surface area contributed by atoms with Crippen LogP contribution in [0, 0.1) is 0 Å². The van der Waals surface area contributed by atoms with E-state index in [1.807, 2.05) is 20.9 Å². The van der Waals surface area contributed by atoms with Crippen LogP contribution in [-0.4, -0.2) is 61.5 Å². The fraction of sp³-hybridized carbons (Fsp3) is 1.00. The molecule has 2 unspecified atom stereocenters. The van der Waals surface area contributed by atoms with Gasteiger partial charge in [0, 0.05) is 19.1 Å². The molecule has 0 aliphatic carbocycles. The van der Waals surface area contributed by atoms with Crippen LogP contribution in [0.4, 0.5) is 0 Å². The molecule has 4 heteroatoms. The van der Waals surface area contributed by atoms with Gasteiger partial charge in [-0.25, -0.2) is 0 Å². The number of β-amino-alcohol motifs (C(OH)–C–C–N with tert-alkyl or cyclic N) is 1. The summed E-state index contributed by atoms with van der Waals surface area (Å²) < 4.78 is 5.45. The van der Waals surface area contributed by atoms with Crippen LogP contribution in [0.5, 0.6) is 0 Å². The number of piperidine rings is 1. The van der Waals surface area contributed by atoms with E-state index in [1.165, 1.54) is 19.3 Å². The lowest BCUT2D eigenvalue weighted by Crippen LogP contribution is -2.48. The van der Waals surface area contributed by atoms with Gasteiger partial charge in [-0.05, 0) is 40.3 Å². The van der Waals surface area contributed by atoms with E-state index in [2.05, 4.69) is 10.2 Å². The number of rotatable bonds is 7. The minimum atomic E-state index is -0.366. The minimum absolute atomic E-state index is 0.194. The number of nitrogens with one attached hydrogen (secondary N) is 1. The molecule has 1 aliphatic rings. The van der Waals surface area contributed by atoms with Gasteiger partial charge in [-0.15, -0.1) is 0 Å². The molecule has 0 spiro atoms. The van der Waals surface area contributed by atoms with Crippen LogP contribution >= 0.6 is 0 Å². The Hall–Kier alpha value is -0.160. The lowest BCUT2D eigenvalue weighted by Gasteiger charge is -2.36. The average molecular weight is 244 g/mol. The topological polar surface area (TPSA) is 44.7 Å². The third-order valence-electron chi connectivity index (χ3n) is 3.26. The minimum Gasteiger partial charge on any atom is -0.389 e. The third kappa shape index (κ3) is 5.82. The molecular weight excluding hydrogens is 216 g/mol. The molecule has 2 atom stereocenters. The smallest absolute Gasteiger partial charge is 0.0900 e. The largest absolute Gasteiger partial charge is 0.389 e.